The Hall–Kier alpha value is -10.7. The minimum atomic E-state index is -3.07. The molecular formula is C72H82N22O8S4. The Kier molecular flexibility index (Phi) is 20.9. The molecule has 4 saturated heterocycles. The lowest BCUT2D eigenvalue weighted by Crippen LogP contribution is -2.45. The summed E-state index contributed by atoms with van der Waals surface area (Å²) in [7, 11) is -10.2. The van der Waals surface area contributed by atoms with E-state index in [-0.39, 0.29) is 47.7 Å². The van der Waals surface area contributed by atoms with Gasteiger partial charge in [-0.3, -0.25) is 36.7 Å². The van der Waals surface area contributed by atoms with E-state index < -0.39 is 60.9 Å². The van der Waals surface area contributed by atoms with Gasteiger partial charge in [0.05, 0.1) is 119 Å². The Bertz CT molecular complexity index is 5380. The van der Waals surface area contributed by atoms with Crippen LogP contribution < -0.4 is 10.6 Å². The predicted molar refractivity (Wildman–Crippen MR) is 408 cm³/mol. The number of hydrogen-bond acceptors (Lipinski definition) is 20. The fourth-order valence-electron chi connectivity index (χ4n) is 14.6. The number of fused-ring (bicyclic) bond motifs is 4. The van der Waals surface area contributed by atoms with Crippen molar-refractivity contribution in [3.05, 3.63) is 136 Å². The maximum Gasteiger partial charge on any atom is 0.222 e. The number of H-pyrrole nitrogens is 4. The molecule has 4 aliphatic rings. The van der Waals surface area contributed by atoms with Gasteiger partial charge < -0.3 is 30.6 Å². The quantitative estimate of drug-likeness (QED) is 0.0507. The number of nitrogens with one attached hydrogen (secondary N) is 6. The second kappa shape index (κ2) is 30.1. The molecule has 0 bridgehead atoms. The zero-order valence-electron chi connectivity index (χ0n) is 58.7. The molecule has 12 aromatic rings. The van der Waals surface area contributed by atoms with E-state index in [9.17, 15) is 45.4 Å². The lowest BCUT2D eigenvalue weighted by molar-refractivity contribution is -0.124. The number of amides is 2. The van der Waals surface area contributed by atoms with E-state index in [1.807, 2.05) is 109 Å². The summed E-state index contributed by atoms with van der Waals surface area (Å²) in [5.74, 6) is 9.85. The summed E-state index contributed by atoms with van der Waals surface area (Å²) in [5, 5.41) is 46.3. The highest BCUT2D eigenvalue weighted by Crippen LogP contribution is 2.41. The van der Waals surface area contributed by atoms with Crippen LogP contribution in [0.4, 0.5) is 0 Å². The van der Waals surface area contributed by atoms with Crippen molar-refractivity contribution in [1.82, 2.24) is 99.6 Å². The lowest BCUT2D eigenvalue weighted by atomic mass is 9.88. The monoisotopic (exact) mass is 1510 g/mol. The Morgan fingerprint density at radius 2 is 0.755 bits per heavy atom. The number of carbonyl (C=O) groups excluding carboxylic acids is 2. The van der Waals surface area contributed by atoms with Crippen molar-refractivity contribution in [2.45, 2.75) is 113 Å². The molecule has 16 heterocycles. The number of sulfone groups is 2. The second-order valence-corrected chi connectivity index (χ2v) is 37.8. The summed E-state index contributed by atoms with van der Waals surface area (Å²) < 4.78 is 79.7. The molecule has 6 N–H and O–H groups in total. The number of aromatic amines is 4. The van der Waals surface area contributed by atoms with E-state index in [2.05, 4.69) is 105 Å². The molecule has 0 radical (unpaired) electrons. The van der Waals surface area contributed by atoms with Gasteiger partial charge in [0, 0.05) is 142 Å². The first-order chi connectivity index (χ1) is 50.9. The van der Waals surface area contributed by atoms with Gasteiger partial charge in [0.25, 0.3) is 0 Å². The summed E-state index contributed by atoms with van der Waals surface area (Å²) in [6, 6.07) is 16.3. The summed E-state index contributed by atoms with van der Waals surface area (Å²) in [5.41, 5.74) is 8.23. The molecule has 106 heavy (non-hydrogen) atoms. The molecule has 30 nitrogen and oxygen atoms in total. The summed E-state index contributed by atoms with van der Waals surface area (Å²) in [6.07, 6.45) is 33.8. The maximum absolute atomic E-state index is 12.4. The molecule has 16 rings (SSSR count). The van der Waals surface area contributed by atoms with Crippen molar-refractivity contribution in [1.29, 1.82) is 10.5 Å². The maximum atomic E-state index is 12.4. The largest absolute Gasteiger partial charge is 0.356 e. The van der Waals surface area contributed by atoms with E-state index in [0.29, 0.717) is 100 Å². The van der Waals surface area contributed by atoms with Crippen molar-refractivity contribution >= 4 is 106 Å². The van der Waals surface area contributed by atoms with Gasteiger partial charge in [0.15, 0.2) is 19.7 Å². The highest BCUT2D eigenvalue weighted by atomic mass is 32.2. The zero-order valence-corrected chi connectivity index (χ0v) is 62.0. The van der Waals surface area contributed by atoms with Crippen LogP contribution >= 0.6 is 0 Å². The number of carbonyl (C=O) groups is 2. The molecule has 4 fully saturated rings. The van der Waals surface area contributed by atoms with Gasteiger partial charge in [0.1, 0.15) is 35.2 Å². The normalized spacial score (nSPS) is 22.1. The molecule has 34 heteroatoms. The van der Waals surface area contributed by atoms with Crippen LogP contribution in [-0.2, 0) is 70.5 Å². The number of rotatable bonds is 16. The van der Waals surface area contributed by atoms with Crippen molar-refractivity contribution in [2.24, 2.45) is 0 Å². The lowest BCUT2D eigenvalue weighted by Gasteiger charge is -2.37. The minimum absolute atomic E-state index is 0.0527. The molecule has 0 atom stereocenters. The number of aromatic nitrogens is 18. The average Bonchev–Trinajstić information content (AvgIpc) is 1.55. The van der Waals surface area contributed by atoms with Crippen LogP contribution in [0.1, 0.15) is 90.9 Å². The first-order valence-electron chi connectivity index (χ1n) is 34.9. The Labute approximate surface area is 612 Å². The molecule has 0 aliphatic carbocycles. The molecule has 552 valence electrons. The fraction of sp³-hybridized carbons (Fsp3) is 0.389. The van der Waals surface area contributed by atoms with Crippen molar-refractivity contribution in [3.63, 3.8) is 0 Å². The third kappa shape index (κ3) is 15.7. The minimum Gasteiger partial charge on any atom is -0.356 e. The smallest absolute Gasteiger partial charge is 0.222 e. The molecule has 12 aromatic heterocycles. The Balaban J connectivity index is 0.000000125. The highest BCUT2D eigenvalue weighted by molar-refractivity contribution is 8.00. The van der Waals surface area contributed by atoms with E-state index in [4.69, 9.17) is 0 Å². The van der Waals surface area contributed by atoms with E-state index in [0.717, 1.165) is 88.9 Å². The molecule has 0 saturated carbocycles. The van der Waals surface area contributed by atoms with Gasteiger partial charge in [-0.15, -0.1) is 0 Å². The third-order valence-corrected chi connectivity index (χ3v) is 28.0. The van der Waals surface area contributed by atoms with E-state index in [1.165, 1.54) is 12.7 Å². The van der Waals surface area contributed by atoms with Crippen LogP contribution in [0.15, 0.2) is 136 Å². The number of nitriles is 2. The third-order valence-electron chi connectivity index (χ3n) is 20.9. The standard InChI is InChI=1S/C19H23N5O3S.C18H22N6O3S.C18H19N5OS.C17H18N6OS/c1-2-20-17(25)11-19(5-9-28(26,27)10-6-19)24-13-14(12-23-24)15-3-7-21-18-16(15)4-8-22-18;1-2-19-15(25)9-18(4-7-28(26,27)8-5-18)24-11-13(10-23-24)16-14-3-6-20-17(14)22-12-21-16;1-25(24)10-5-18(4-7-19,6-11-25)23-13-14(12-22-23)15-2-8-20-17-16(15)3-9-21-17;1-25(24)8-4-17(3-6-18,5-9-25)23-11-13(10-22-23)15-14-2-7-19-16(14)21-12-20-15/h3-4,7-8,12-13H,2,5-6,9-11H2,1H3,(H,20,25)(H,21,22);3,6,10-12H,2,4-5,7-9H2,1H3,(H,19,25)(H,20,21,22);2-3,8-9,12-13H,1,4-6,10-11H2,(H,20,21);2,7,10-12H,1,3-5,8-9H2,(H,19,20,21). The molecule has 0 aromatic carbocycles. The molecular weight excluding hydrogens is 1430 g/mol. The van der Waals surface area contributed by atoms with E-state index >= 15 is 0 Å². The van der Waals surface area contributed by atoms with Crippen molar-refractivity contribution in [2.75, 3.05) is 59.1 Å². The topological polar surface area (TPSA) is 420 Å². The first kappa shape index (κ1) is 73.6. The Morgan fingerprint density at radius 3 is 1.10 bits per heavy atom. The molecule has 0 spiro atoms. The van der Waals surface area contributed by atoms with Gasteiger partial charge in [-0.25, -0.2) is 46.7 Å². The van der Waals surface area contributed by atoms with Crippen LogP contribution in [0, 0.1) is 22.7 Å². The molecule has 0 unspecified atom stereocenters. The summed E-state index contributed by atoms with van der Waals surface area (Å²) in [6.45, 7) is 4.80. The number of pyridine rings is 2. The van der Waals surface area contributed by atoms with E-state index in [1.54, 1.807) is 46.5 Å². The average molecular weight is 1510 g/mol. The van der Waals surface area contributed by atoms with Crippen LogP contribution in [0.5, 0.6) is 0 Å². The first-order valence-corrected chi connectivity index (χ1v) is 42.6. The fourth-order valence-corrected chi connectivity index (χ4v) is 21.2. The highest BCUT2D eigenvalue weighted by Gasteiger charge is 2.44. The Morgan fingerprint density at radius 1 is 0.443 bits per heavy atom. The SMILES string of the molecule is C=S1(=O)CCC(CC#N)(n2cc(-c3ccnc4[nH]ccc34)cn2)CC1.C=S1(=O)CCC(CC#N)(n2cc(-c3ncnc4[nH]ccc34)cn2)CC1.CCNC(=O)CC1(n2cc(-c3ccnc4[nH]ccc34)cn2)CCS(=O)(=O)CC1.CCNC(=O)CC1(n2cc(-c3ncnc4[nH]ccc34)cn2)CCS(=O)(=O)CC1. The van der Waals surface area contributed by atoms with Gasteiger partial charge >= 0.3 is 0 Å². The van der Waals surface area contributed by atoms with Crippen LogP contribution in [0.25, 0.3) is 88.9 Å². The van der Waals surface area contributed by atoms with Crippen molar-refractivity contribution in [3.8, 4) is 56.9 Å². The number of hydrogen-bond donors (Lipinski definition) is 6. The van der Waals surface area contributed by atoms with Gasteiger partial charge in [-0.05, 0) is 144 Å². The number of nitrogens with zero attached hydrogens (tertiary/aromatic N) is 16. The van der Waals surface area contributed by atoms with Crippen LogP contribution in [-0.4, -0.2) is 197 Å². The summed E-state index contributed by atoms with van der Waals surface area (Å²) in [4.78, 5) is 62.9. The molecule has 2 amide bonds. The second-order valence-electron chi connectivity index (χ2n) is 27.7. The van der Waals surface area contributed by atoms with Crippen LogP contribution in [0.2, 0.25) is 0 Å². The zero-order chi connectivity index (χ0) is 74.5. The van der Waals surface area contributed by atoms with Crippen molar-refractivity contribution < 1.29 is 34.8 Å². The van der Waals surface area contributed by atoms with Crippen LogP contribution in [0.3, 0.4) is 0 Å². The predicted octanol–water partition coefficient (Wildman–Crippen LogP) is 7.59. The van der Waals surface area contributed by atoms with Gasteiger partial charge in [-0.2, -0.15) is 30.9 Å². The molecule has 4 aliphatic heterocycles. The van der Waals surface area contributed by atoms with Gasteiger partial charge in [-0.1, -0.05) is 0 Å². The summed E-state index contributed by atoms with van der Waals surface area (Å²) >= 11 is 0. The van der Waals surface area contributed by atoms with Gasteiger partial charge in [0.2, 0.25) is 11.8 Å².